The summed E-state index contributed by atoms with van der Waals surface area (Å²) in [4.78, 5) is 2.14. The SMILES string of the molecule is CC(C)Oc1ccccc1-c1ccc(CN(C)CC(O)c2ccccc2)cc1. The van der Waals surface area contributed by atoms with Gasteiger partial charge in [0.15, 0.2) is 0 Å². The number of hydrogen-bond donors (Lipinski definition) is 1. The smallest absolute Gasteiger partial charge is 0.127 e. The summed E-state index contributed by atoms with van der Waals surface area (Å²) in [7, 11) is 2.03. The third kappa shape index (κ3) is 5.44. The molecule has 1 atom stereocenters. The van der Waals surface area contributed by atoms with E-state index >= 15 is 0 Å². The lowest BCUT2D eigenvalue weighted by molar-refractivity contribution is 0.124. The van der Waals surface area contributed by atoms with Gasteiger partial charge in [0.25, 0.3) is 0 Å². The zero-order valence-electron chi connectivity index (χ0n) is 16.9. The summed E-state index contributed by atoms with van der Waals surface area (Å²) in [6, 6.07) is 26.5. The van der Waals surface area contributed by atoms with Crippen LogP contribution < -0.4 is 4.74 Å². The Morgan fingerprint density at radius 3 is 2.18 bits per heavy atom. The Morgan fingerprint density at radius 1 is 0.857 bits per heavy atom. The van der Waals surface area contributed by atoms with Crippen molar-refractivity contribution in [2.45, 2.75) is 32.6 Å². The fourth-order valence-electron chi connectivity index (χ4n) is 3.30. The normalized spacial score (nSPS) is 12.4. The van der Waals surface area contributed by atoms with E-state index in [9.17, 15) is 5.11 Å². The summed E-state index contributed by atoms with van der Waals surface area (Å²) in [5.74, 6) is 0.911. The summed E-state index contributed by atoms with van der Waals surface area (Å²) in [6.45, 7) is 5.46. The van der Waals surface area contributed by atoms with Gasteiger partial charge in [-0.3, -0.25) is 4.90 Å². The standard InChI is InChI=1S/C25H29NO2/c1-19(2)28-25-12-8-7-11-23(25)21-15-13-20(14-16-21)17-26(3)18-24(27)22-9-5-4-6-10-22/h4-16,19,24,27H,17-18H2,1-3H3. The minimum absolute atomic E-state index is 0.144. The van der Waals surface area contributed by atoms with Gasteiger partial charge in [0.1, 0.15) is 5.75 Å². The van der Waals surface area contributed by atoms with Gasteiger partial charge < -0.3 is 9.84 Å². The van der Waals surface area contributed by atoms with Crippen molar-refractivity contribution in [2.24, 2.45) is 0 Å². The van der Waals surface area contributed by atoms with Gasteiger partial charge in [-0.05, 0) is 43.7 Å². The fraction of sp³-hybridized carbons (Fsp3) is 0.280. The molecule has 3 aromatic carbocycles. The van der Waals surface area contributed by atoms with Crippen LogP contribution >= 0.6 is 0 Å². The Labute approximate surface area is 168 Å². The number of hydrogen-bond acceptors (Lipinski definition) is 3. The Balaban J connectivity index is 1.65. The molecule has 0 bridgehead atoms. The summed E-state index contributed by atoms with van der Waals surface area (Å²) < 4.78 is 5.94. The zero-order valence-corrected chi connectivity index (χ0v) is 16.9. The molecule has 28 heavy (non-hydrogen) atoms. The maximum atomic E-state index is 10.4. The van der Waals surface area contributed by atoms with E-state index in [1.54, 1.807) is 0 Å². The number of nitrogens with zero attached hydrogens (tertiary/aromatic N) is 1. The molecule has 0 saturated heterocycles. The van der Waals surface area contributed by atoms with Crippen LogP contribution in [0.1, 0.15) is 31.1 Å². The molecule has 0 saturated carbocycles. The molecule has 1 N–H and O–H groups in total. The summed E-state index contributed by atoms with van der Waals surface area (Å²) in [6.07, 6.45) is -0.337. The molecule has 0 aliphatic carbocycles. The molecule has 3 aromatic rings. The van der Waals surface area contributed by atoms with Crippen LogP contribution in [0.3, 0.4) is 0 Å². The highest BCUT2D eigenvalue weighted by molar-refractivity contribution is 5.70. The van der Waals surface area contributed by atoms with Crippen LogP contribution in [0.2, 0.25) is 0 Å². The Hall–Kier alpha value is -2.62. The molecule has 0 amide bonds. The first-order valence-electron chi connectivity index (χ1n) is 9.79. The number of aliphatic hydroxyl groups excluding tert-OH is 1. The lowest BCUT2D eigenvalue weighted by Crippen LogP contribution is -2.24. The predicted octanol–water partition coefficient (Wildman–Crippen LogP) is 5.31. The second-order valence-electron chi connectivity index (χ2n) is 7.48. The van der Waals surface area contributed by atoms with Gasteiger partial charge in [0, 0.05) is 18.7 Å². The maximum Gasteiger partial charge on any atom is 0.127 e. The van der Waals surface area contributed by atoms with Crippen molar-refractivity contribution in [1.29, 1.82) is 0 Å². The average molecular weight is 376 g/mol. The molecular weight excluding hydrogens is 346 g/mol. The van der Waals surface area contributed by atoms with Crippen LogP contribution in [0.4, 0.5) is 0 Å². The van der Waals surface area contributed by atoms with E-state index in [0.29, 0.717) is 6.54 Å². The molecule has 0 heterocycles. The van der Waals surface area contributed by atoms with E-state index < -0.39 is 6.10 Å². The van der Waals surface area contributed by atoms with Crippen molar-refractivity contribution in [1.82, 2.24) is 4.90 Å². The van der Waals surface area contributed by atoms with Gasteiger partial charge in [0.2, 0.25) is 0 Å². The topological polar surface area (TPSA) is 32.7 Å². The molecule has 3 nitrogen and oxygen atoms in total. The Kier molecular flexibility index (Phi) is 6.85. The third-order valence-corrected chi connectivity index (χ3v) is 4.64. The zero-order chi connectivity index (χ0) is 19.9. The van der Waals surface area contributed by atoms with Crippen LogP contribution in [0.5, 0.6) is 5.75 Å². The molecule has 0 aliphatic heterocycles. The van der Waals surface area contributed by atoms with Crippen molar-refractivity contribution in [3.05, 3.63) is 90.0 Å². The molecule has 3 heteroatoms. The third-order valence-electron chi connectivity index (χ3n) is 4.64. The highest BCUT2D eigenvalue weighted by Gasteiger charge is 2.11. The van der Waals surface area contributed by atoms with Crippen molar-refractivity contribution >= 4 is 0 Å². The van der Waals surface area contributed by atoms with Crippen molar-refractivity contribution in [3.63, 3.8) is 0 Å². The second-order valence-corrected chi connectivity index (χ2v) is 7.48. The van der Waals surface area contributed by atoms with Gasteiger partial charge in [-0.25, -0.2) is 0 Å². The van der Waals surface area contributed by atoms with Crippen molar-refractivity contribution in [3.8, 4) is 16.9 Å². The van der Waals surface area contributed by atoms with Crippen LogP contribution in [0.25, 0.3) is 11.1 Å². The van der Waals surface area contributed by atoms with Gasteiger partial charge in [-0.15, -0.1) is 0 Å². The van der Waals surface area contributed by atoms with Gasteiger partial charge in [0.05, 0.1) is 12.2 Å². The predicted molar refractivity (Wildman–Crippen MR) is 115 cm³/mol. The Morgan fingerprint density at radius 2 is 1.50 bits per heavy atom. The van der Waals surface area contributed by atoms with Crippen LogP contribution in [-0.2, 0) is 6.54 Å². The number of ether oxygens (including phenoxy) is 1. The fourth-order valence-corrected chi connectivity index (χ4v) is 3.30. The van der Waals surface area contributed by atoms with Crippen molar-refractivity contribution in [2.75, 3.05) is 13.6 Å². The summed E-state index contributed by atoms with van der Waals surface area (Å²) in [5.41, 5.74) is 4.42. The molecular formula is C25H29NO2. The number of likely N-dealkylation sites (N-methyl/N-ethyl adjacent to an activating group) is 1. The molecule has 1 unspecified atom stereocenters. The second kappa shape index (κ2) is 9.54. The Bertz CT molecular complexity index is 859. The van der Waals surface area contributed by atoms with E-state index in [0.717, 1.165) is 29.0 Å². The average Bonchev–Trinajstić information content (AvgIpc) is 2.69. The van der Waals surface area contributed by atoms with Gasteiger partial charge >= 0.3 is 0 Å². The first-order valence-corrected chi connectivity index (χ1v) is 9.79. The summed E-state index contributed by atoms with van der Waals surface area (Å²) >= 11 is 0. The maximum absolute atomic E-state index is 10.4. The monoisotopic (exact) mass is 375 g/mol. The first kappa shape index (κ1) is 20.1. The number of benzene rings is 3. The van der Waals surface area contributed by atoms with E-state index in [4.69, 9.17) is 4.74 Å². The number of aliphatic hydroxyl groups is 1. The van der Waals surface area contributed by atoms with Crippen LogP contribution in [0, 0.1) is 0 Å². The molecule has 0 fully saturated rings. The van der Waals surface area contributed by atoms with Gasteiger partial charge in [-0.1, -0.05) is 72.8 Å². The van der Waals surface area contributed by atoms with E-state index in [1.807, 2.05) is 69.4 Å². The first-order chi connectivity index (χ1) is 13.5. The minimum atomic E-state index is -0.481. The van der Waals surface area contributed by atoms with E-state index in [-0.39, 0.29) is 6.10 Å². The minimum Gasteiger partial charge on any atom is -0.490 e. The lowest BCUT2D eigenvalue weighted by atomic mass is 10.0. The van der Waals surface area contributed by atoms with Crippen molar-refractivity contribution < 1.29 is 9.84 Å². The van der Waals surface area contributed by atoms with E-state index in [2.05, 4.69) is 35.2 Å². The lowest BCUT2D eigenvalue weighted by Gasteiger charge is -2.21. The highest BCUT2D eigenvalue weighted by Crippen LogP contribution is 2.30. The molecule has 0 aliphatic rings. The molecule has 0 aromatic heterocycles. The van der Waals surface area contributed by atoms with Gasteiger partial charge in [-0.2, -0.15) is 0 Å². The number of rotatable bonds is 8. The largest absolute Gasteiger partial charge is 0.490 e. The number of para-hydroxylation sites is 1. The molecule has 0 radical (unpaired) electrons. The quantitative estimate of drug-likeness (QED) is 0.579. The molecule has 0 spiro atoms. The molecule has 146 valence electrons. The molecule has 3 rings (SSSR count). The summed E-state index contributed by atoms with van der Waals surface area (Å²) in [5, 5.41) is 10.4. The van der Waals surface area contributed by atoms with Crippen LogP contribution in [-0.4, -0.2) is 29.7 Å². The van der Waals surface area contributed by atoms with E-state index in [1.165, 1.54) is 5.56 Å². The van der Waals surface area contributed by atoms with Crippen LogP contribution in [0.15, 0.2) is 78.9 Å². The highest BCUT2D eigenvalue weighted by atomic mass is 16.5.